The van der Waals surface area contributed by atoms with Crippen LogP contribution in [0.15, 0.2) is 24.3 Å². The summed E-state index contributed by atoms with van der Waals surface area (Å²) in [6, 6.07) is 7.22. The molecule has 0 spiro atoms. The maximum Gasteiger partial charge on any atom is 0.164 e. The van der Waals surface area contributed by atoms with Gasteiger partial charge in [-0.2, -0.15) is 0 Å². The molecule has 0 atom stereocenters. The Balaban J connectivity index is 0.00000484. The second-order valence-electron chi connectivity index (χ2n) is 5.94. The van der Waals surface area contributed by atoms with E-state index in [9.17, 15) is 4.79 Å². The first kappa shape index (κ1) is 22.4. The number of rotatable bonds is 12. The van der Waals surface area contributed by atoms with E-state index in [4.69, 9.17) is 11.6 Å². The molecule has 0 aromatic heterocycles. The third-order valence-electron chi connectivity index (χ3n) is 3.98. The van der Waals surface area contributed by atoms with Crippen molar-refractivity contribution in [3.63, 3.8) is 0 Å². The standard InChI is InChI=1S/C19H30ClNO.ClH/c1-3-5-7-14-21(15-8-6-4-2)16-13-19(22)17-9-11-18(20)12-10-17;/h9-12H,3-8,13-16H2,1-2H3;1H. The molecule has 0 aliphatic heterocycles. The summed E-state index contributed by atoms with van der Waals surface area (Å²) in [5.74, 6) is 0.215. The third-order valence-corrected chi connectivity index (χ3v) is 4.23. The second-order valence-corrected chi connectivity index (χ2v) is 6.37. The van der Waals surface area contributed by atoms with E-state index in [0.29, 0.717) is 11.4 Å². The fourth-order valence-electron chi connectivity index (χ4n) is 2.55. The van der Waals surface area contributed by atoms with Crippen molar-refractivity contribution in [1.29, 1.82) is 0 Å². The number of Topliss-reactive ketones (excluding diaryl/α,β-unsaturated/α-hetero) is 1. The van der Waals surface area contributed by atoms with E-state index in [-0.39, 0.29) is 18.2 Å². The molecule has 0 aliphatic rings. The van der Waals surface area contributed by atoms with Gasteiger partial charge in [-0.1, -0.05) is 51.1 Å². The molecule has 0 aliphatic carbocycles. The van der Waals surface area contributed by atoms with Crippen LogP contribution in [0.3, 0.4) is 0 Å². The highest BCUT2D eigenvalue weighted by atomic mass is 35.5. The highest BCUT2D eigenvalue weighted by Gasteiger charge is 2.10. The van der Waals surface area contributed by atoms with Gasteiger partial charge in [0.15, 0.2) is 5.78 Å². The Kier molecular flexibility index (Phi) is 13.5. The summed E-state index contributed by atoms with van der Waals surface area (Å²) in [5.41, 5.74) is 0.770. The summed E-state index contributed by atoms with van der Waals surface area (Å²) in [6.07, 6.45) is 8.10. The molecule has 1 aromatic rings. The van der Waals surface area contributed by atoms with Gasteiger partial charge in [0.25, 0.3) is 0 Å². The molecule has 0 unspecified atom stereocenters. The quantitative estimate of drug-likeness (QED) is 0.336. The van der Waals surface area contributed by atoms with Crippen molar-refractivity contribution in [1.82, 2.24) is 4.90 Å². The van der Waals surface area contributed by atoms with Gasteiger partial charge in [0.1, 0.15) is 0 Å². The molecule has 0 heterocycles. The number of nitrogens with zero attached hydrogens (tertiary/aromatic N) is 1. The van der Waals surface area contributed by atoms with Crippen LogP contribution >= 0.6 is 24.0 Å². The number of carbonyl (C=O) groups is 1. The Morgan fingerprint density at radius 1 is 0.913 bits per heavy atom. The number of hydrogen-bond acceptors (Lipinski definition) is 2. The number of unbranched alkanes of at least 4 members (excludes halogenated alkanes) is 4. The van der Waals surface area contributed by atoms with Gasteiger partial charge >= 0.3 is 0 Å². The second kappa shape index (κ2) is 13.8. The molecule has 0 saturated carbocycles. The minimum Gasteiger partial charge on any atom is -0.303 e. The number of hydrogen-bond donors (Lipinski definition) is 0. The lowest BCUT2D eigenvalue weighted by Crippen LogP contribution is -2.28. The van der Waals surface area contributed by atoms with Crippen LogP contribution < -0.4 is 0 Å². The van der Waals surface area contributed by atoms with Crippen molar-refractivity contribution in [2.75, 3.05) is 19.6 Å². The largest absolute Gasteiger partial charge is 0.303 e. The molecule has 23 heavy (non-hydrogen) atoms. The van der Waals surface area contributed by atoms with Gasteiger partial charge in [0, 0.05) is 23.6 Å². The molecular weight excluding hydrogens is 329 g/mol. The van der Waals surface area contributed by atoms with Gasteiger partial charge in [-0.3, -0.25) is 4.79 Å². The summed E-state index contributed by atoms with van der Waals surface area (Å²) in [5, 5.41) is 0.678. The number of halogens is 2. The molecule has 0 radical (unpaired) electrons. The molecule has 0 bridgehead atoms. The van der Waals surface area contributed by atoms with Crippen LogP contribution in [-0.4, -0.2) is 30.3 Å². The highest BCUT2D eigenvalue weighted by Crippen LogP contribution is 2.12. The van der Waals surface area contributed by atoms with Crippen LogP contribution in [0.5, 0.6) is 0 Å². The lowest BCUT2D eigenvalue weighted by molar-refractivity contribution is 0.0963. The SMILES string of the molecule is CCCCCN(CCCCC)CCC(=O)c1ccc(Cl)cc1.Cl. The van der Waals surface area contributed by atoms with Gasteiger partial charge in [-0.05, 0) is 50.2 Å². The summed E-state index contributed by atoms with van der Waals surface area (Å²) >= 11 is 5.87. The predicted octanol–water partition coefficient (Wildman–Crippen LogP) is 6.02. The van der Waals surface area contributed by atoms with Crippen molar-refractivity contribution in [2.24, 2.45) is 0 Å². The van der Waals surface area contributed by atoms with E-state index in [1.807, 2.05) is 12.1 Å². The van der Waals surface area contributed by atoms with Gasteiger partial charge < -0.3 is 4.90 Å². The monoisotopic (exact) mass is 359 g/mol. The van der Waals surface area contributed by atoms with E-state index in [1.54, 1.807) is 12.1 Å². The van der Waals surface area contributed by atoms with Crippen molar-refractivity contribution in [3.05, 3.63) is 34.9 Å². The third kappa shape index (κ3) is 10.0. The van der Waals surface area contributed by atoms with Gasteiger partial charge in [0.05, 0.1) is 0 Å². The van der Waals surface area contributed by atoms with Crippen molar-refractivity contribution >= 4 is 29.8 Å². The molecule has 132 valence electrons. The Morgan fingerprint density at radius 2 is 1.43 bits per heavy atom. The zero-order valence-corrected chi connectivity index (χ0v) is 16.1. The first-order valence-electron chi connectivity index (χ1n) is 8.68. The Bertz CT molecular complexity index is 410. The van der Waals surface area contributed by atoms with Crippen LogP contribution in [0.2, 0.25) is 5.02 Å². The number of carbonyl (C=O) groups excluding carboxylic acids is 1. The lowest BCUT2D eigenvalue weighted by atomic mass is 10.1. The van der Waals surface area contributed by atoms with Crippen molar-refractivity contribution in [2.45, 2.75) is 58.8 Å². The molecule has 1 aromatic carbocycles. The van der Waals surface area contributed by atoms with Gasteiger partial charge in [-0.25, -0.2) is 0 Å². The fourth-order valence-corrected chi connectivity index (χ4v) is 2.67. The molecule has 0 N–H and O–H groups in total. The van der Waals surface area contributed by atoms with Crippen molar-refractivity contribution < 1.29 is 4.79 Å². The van der Waals surface area contributed by atoms with Gasteiger partial charge in [0.2, 0.25) is 0 Å². The Labute approximate surface area is 153 Å². The fraction of sp³-hybridized carbons (Fsp3) is 0.632. The van der Waals surface area contributed by atoms with Crippen molar-refractivity contribution in [3.8, 4) is 0 Å². The molecule has 2 nitrogen and oxygen atoms in total. The Hall–Kier alpha value is -0.570. The van der Waals surface area contributed by atoms with Crippen LogP contribution in [-0.2, 0) is 0 Å². The summed E-state index contributed by atoms with van der Waals surface area (Å²) in [4.78, 5) is 14.7. The Morgan fingerprint density at radius 3 is 1.91 bits per heavy atom. The normalized spacial score (nSPS) is 10.6. The highest BCUT2D eigenvalue weighted by molar-refractivity contribution is 6.30. The zero-order chi connectivity index (χ0) is 16.2. The molecule has 0 amide bonds. The van der Waals surface area contributed by atoms with E-state index in [1.165, 1.54) is 38.5 Å². The first-order valence-corrected chi connectivity index (χ1v) is 9.06. The molecule has 0 saturated heterocycles. The molecule has 4 heteroatoms. The average molecular weight is 360 g/mol. The predicted molar refractivity (Wildman–Crippen MR) is 103 cm³/mol. The summed E-state index contributed by atoms with van der Waals surface area (Å²) in [7, 11) is 0. The van der Waals surface area contributed by atoms with E-state index >= 15 is 0 Å². The van der Waals surface area contributed by atoms with Gasteiger partial charge in [-0.15, -0.1) is 12.4 Å². The molecular formula is C19H31Cl2NO. The van der Waals surface area contributed by atoms with Crippen LogP contribution in [0.1, 0.15) is 69.2 Å². The maximum atomic E-state index is 12.3. The number of ketones is 1. The number of benzene rings is 1. The molecule has 1 rings (SSSR count). The average Bonchev–Trinajstić information content (AvgIpc) is 2.53. The molecule has 0 fully saturated rings. The minimum absolute atomic E-state index is 0. The van der Waals surface area contributed by atoms with Crippen LogP contribution in [0.25, 0.3) is 0 Å². The van der Waals surface area contributed by atoms with E-state index in [0.717, 1.165) is 25.2 Å². The lowest BCUT2D eigenvalue weighted by Gasteiger charge is -2.22. The zero-order valence-electron chi connectivity index (χ0n) is 14.5. The van der Waals surface area contributed by atoms with E-state index < -0.39 is 0 Å². The first-order chi connectivity index (χ1) is 10.7. The van der Waals surface area contributed by atoms with Crippen LogP contribution in [0.4, 0.5) is 0 Å². The summed E-state index contributed by atoms with van der Waals surface area (Å²) in [6.45, 7) is 7.56. The topological polar surface area (TPSA) is 20.3 Å². The smallest absolute Gasteiger partial charge is 0.164 e. The van der Waals surface area contributed by atoms with E-state index in [2.05, 4.69) is 18.7 Å². The maximum absolute atomic E-state index is 12.3. The minimum atomic E-state index is 0. The summed E-state index contributed by atoms with van der Waals surface area (Å²) < 4.78 is 0. The van der Waals surface area contributed by atoms with Crippen LogP contribution in [0, 0.1) is 0 Å².